The van der Waals surface area contributed by atoms with Crippen LogP contribution in [0.1, 0.15) is 17.3 Å². The van der Waals surface area contributed by atoms with Gasteiger partial charge >= 0.3 is 0 Å². The van der Waals surface area contributed by atoms with Crippen molar-refractivity contribution < 1.29 is 14.3 Å². The number of carbonyl (C=O) groups excluding carboxylic acids is 1. The Morgan fingerprint density at radius 2 is 1.76 bits per heavy atom. The molecule has 0 saturated carbocycles. The molecule has 1 fully saturated rings. The molecule has 10 nitrogen and oxygen atoms in total. The van der Waals surface area contributed by atoms with Gasteiger partial charge in [-0.25, -0.2) is 9.97 Å². The average molecular weight is 556 g/mol. The van der Waals surface area contributed by atoms with Gasteiger partial charge in [-0.15, -0.1) is 0 Å². The number of amides is 1. The first-order valence-corrected chi connectivity index (χ1v) is 12.9. The molecule has 0 bridgehead atoms. The molecule has 0 radical (unpaired) electrons. The number of benzene rings is 1. The maximum atomic E-state index is 12.9. The van der Waals surface area contributed by atoms with Crippen LogP contribution >= 0.6 is 23.2 Å². The number of piperazine rings is 1. The van der Waals surface area contributed by atoms with Crippen molar-refractivity contribution in [1.82, 2.24) is 25.1 Å². The van der Waals surface area contributed by atoms with Crippen LogP contribution in [0, 0.1) is 0 Å². The molecule has 1 saturated heterocycles. The SMILES string of the molecule is CCN1CCN(c2ccc(C(=O)Nc3n[nH]c4nc(-c5c(Cl)c(OC)cc(OC)c5Cl)ccc34)cn2)CC1. The Bertz CT molecular complexity index is 1440. The second kappa shape index (κ2) is 11.0. The predicted octanol–water partition coefficient (Wildman–Crippen LogP) is 4.74. The lowest BCUT2D eigenvalue weighted by atomic mass is 10.1. The van der Waals surface area contributed by atoms with Crippen LogP contribution in [0.2, 0.25) is 10.0 Å². The third-order valence-corrected chi connectivity index (χ3v) is 7.39. The normalized spacial score (nSPS) is 14.1. The summed E-state index contributed by atoms with van der Waals surface area (Å²) in [5, 5.41) is 11.2. The molecule has 198 valence electrons. The number of likely N-dealkylation sites (N-methyl/N-ethyl adjacent to an activating group) is 1. The minimum atomic E-state index is -0.319. The van der Waals surface area contributed by atoms with Crippen LogP contribution in [0.4, 0.5) is 11.6 Å². The van der Waals surface area contributed by atoms with Crippen LogP contribution in [0.25, 0.3) is 22.3 Å². The Morgan fingerprint density at radius 3 is 2.37 bits per heavy atom. The number of anilines is 2. The lowest BCUT2D eigenvalue weighted by molar-refractivity contribution is 0.102. The summed E-state index contributed by atoms with van der Waals surface area (Å²) in [6.45, 7) is 7.07. The molecule has 0 atom stereocenters. The number of pyridine rings is 2. The fourth-order valence-electron chi connectivity index (χ4n) is 4.43. The fourth-order valence-corrected chi connectivity index (χ4v) is 5.12. The number of carbonyl (C=O) groups is 1. The summed E-state index contributed by atoms with van der Waals surface area (Å²) in [5.74, 6) is 1.71. The molecular weight excluding hydrogens is 529 g/mol. The van der Waals surface area contributed by atoms with Gasteiger partial charge in [0.1, 0.15) is 17.3 Å². The van der Waals surface area contributed by atoms with Crippen LogP contribution in [0.15, 0.2) is 36.5 Å². The van der Waals surface area contributed by atoms with E-state index < -0.39 is 0 Å². The number of nitrogens with one attached hydrogen (secondary N) is 2. The minimum absolute atomic E-state index is 0.307. The van der Waals surface area contributed by atoms with E-state index in [1.807, 2.05) is 6.07 Å². The molecule has 0 spiro atoms. The van der Waals surface area contributed by atoms with Crippen LogP contribution in [0.3, 0.4) is 0 Å². The standard InChI is InChI=1S/C26H27Cl2N7O3/c1-4-34-9-11-35(12-10-34)20-8-5-15(14-29-20)26(36)31-25-16-6-7-17(30-24(16)32-33-25)21-22(27)18(37-2)13-19(38-3)23(21)28/h5-8,13-14H,4,9-12H2,1-3H3,(H2,30,31,32,33,36). The molecule has 1 aliphatic rings. The maximum Gasteiger partial charge on any atom is 0.258 e. The van der Waals surface area contributed by atoms with Gasteiger partial charge in [0.05, 0.1) is 40.9 Å². The van der Waals surface area contributed by atoms with Gasteiger partial charge in [-0.3, -0.25) is 9.89 Å². The monoisotopic (exact) mass is 555 g/mol. The highest BCUT2D eigenvalue weighted by molar-refractivity contribution is 6.41. The number of hydrogen-bond acceptors (Lipinski definition) is 8. The van der Waals surface area contributed by atoms with E-state index >= 15 is 0 Å². The number of ether oxygens (including phenoxy) is 2. The van der Waals surface area contributed by atoms with E-state index in [1.54, 1.807) is 30.5 Å². The van der Waals surface area contributed by atoms with Crippen LogP contribution < -0.4 is 19.7 Å². The molecule has 1 amide bonds. The summed E-state index contributed by atoms with van der Waals surface area (Å²) in [5.41, 5.74) is 1.84. The van der Waals surface area contributed by atoms with Gasteiger partial charge in [0.15, 0.2) is 11.5 Å². The summed E-state index contributed by atoms with van der Waals surface area (Å²) >= 11 is 13.1. The van der Waals surface area contributed by atoms with Crippen molar-refractivity contribution in [3.8, 4) is 22.8 Å². The quantitative estimate of drug-likeness (QED) is 0.336. The van der Waals surface area contributed by atoms with Crippen molar-refractivity contribution in [2.75, 3.05) is 57.2 Å². The molecule has 1 aliphatic heterocycles. The summed E-state index contributed by atoms with van der Waals surface area (Å²) in [6, 6.07) is 8.79. The van der Waals surface area contributed by atoms with Crippen molar-refractivity contribution in [1.29, 1.82) is 0 Å². The van der Waals surface area contributed by atoms with Crippen molar-refractivity contribution in [3.05, 3.63) is 52.1 Å². The van der Waals surface area contributed by atoms with Crippen molar-refractivity contribution in [2.45, 2.75) is 6.92 Å². The van der Waals surface area contributed by atoms with Gasteiger partial charge in [-0.1, -0.05) is 30.1 Å². The highest BCUT2D eigenvalue weighted by Gasteiger charge is 2.21. The maximum absolute atomic E-state index is 12.9. The molecule has 0 unspecified atom stereocenters. The lowest BCUT2D eigenvalue weighted by Crippen LogP contribution is -2.46. The Labute approximate surface area is 229 Å². The first-order valence-electron chi connectivity index (χ1n) is 12.1. The number of halogens is 2. The molecule has 1 aromatic carbocycles. The highest BCUT2D eigenvalue weighted by Crippen LogP contribution is 2.45. The predicted molar refractivity (Wildman–Crippen MR) is 149 cm³/mol. The van der Waals surface area contributed by atoms with Gasteiger partial charge in [0.2, 0.25) is 0 Å². The number of aromatic nitrogens is 4. The Kier molecular flexibility index (Phi) is 7.55. The number of H-pyrrole nitrogens is 1. The molecule has 0 aliphatic carbocycles. The zero-order valence-electron chi connectivity index (χ0n) is 21.2. The summed E-state index contributed by atoms with van der Waals surface area (Å²) in [6.07, 6.45) is 1.59. The Hall–Kier alpha value is -3.60. The van der Waals surface area contributed by atoms with E-state index in [2.05, 4.69) is 42.2 Å². The van der Waals surface area contributed by atoms with E-state index in [-0.39, 0.29) is 5.91 Å². The molecule has 4 heterocycles. The molecule has 2 N–H and O–H groups in total. The van der Waals surface area contributed by atoms with Gasteiger partial charge in [0, 0.05) is 44.0 Å². The molecule has 38 heavy (non-hydrogen) atoms. The summed E-state index contributed by atoms with van der Waals surface area (Å²) in [7, 11) is 3.02. The van der Waals surface area contributed by atoms with E-state index in [4.69, 9.17) is 32.7 Å². The van der Waals surface area contributed by atoms with E-state index in [0.29, 0.717) is 55.2 Å². The second-order valence-electron chi connectivity index (χ2n) is 8.73. The lowest BCUT2D eigenvalue weighted by Gasteiger charge is -2.34. The largest absolute Gasteiger partial charge is 0.495 e. The van der Waals surface area contributed by atoms with E-state index in [9.17, 15) is 4.79 Å². The first kappa shape index (κ1) is 26.0. The number of rotatable bonds is 7. The van der Waals surface area contributed by atoms with Gasteiger partial charge in [-0.2, -0.15) is 5.10 Å². The van der Waals surface area contributed by atoms with E-state index in [1.165, 1.54) is 14.2 Å². The number of methoxy groups -OCH3 is 2. The summed E-state index contributed by atoms with van der Waals surface area (Å²) < 4.78 is 10.7. The van der Waals surface area contributed by atoms with Crippen molar-refractivity contribution in [2.24, 2.45) is 0 Å². The Balaban J connectivity index is 1.35. The van der Waals surface area contributed by atoms with Crippen LogP contribution in [-0.4, -0.2) is 77.9 Å². The van der Waals surface area contributed by atoms with Crippen molar-refractivity contribution >= 4 is 51.8 Å². The Morgan fingerprint density at radius 1 is 1.05 bits per heavy atom. The fraction of sp³-hybridized carbons (Fsp3) is 0.308. The first-order chi connectivity index (χ1) is 18.4. The smallest absolute Gasteiger partial charge is 0.258 e. The van der Waals surface area contributed by atoms with Crippen molar-refractivity contribution in [3.63, 3.8) is 0 Å². The highest BCUT2D eigenvalue weighted by atomic mass is 35.5. The zero-order chi connectivity index (χ0) is 26.8. The third kappa shape index (κ3) is 4.94. The molecule has 4 aromatic rings. The molecule has 5 rings (SSSR count). The molecule has 12 heteroatoms. The summed E-state index contributed by atoms with van der Waals surface area (Å²) in [4.78, 5) is 26.7. The topological polar surface area (TPSA) is 108 Å². The second-order valence-corrected chi connectivity index (χ2v) is 9.49. The molecular formula is C26H27Cl2N7O3. The number of hydrogen-bond donors (Lipinski definition) is 2. The van der Waals surface area contributed by atoms with Gasteiger partial charge in [-0.05, 0) is 30.8 Å². The average Bonchev–Trinajstić information content (AvgIpc) is 3.35. The van der Waals surface area contributed by atoms with Gasteiger partial charge in [0.25, 0.3) is 5.91 Å². The van der Waals surface area contributed by atoms with Crippen LogP contribution in [0.5, 0.6) is 11.5 Å². The molecule has 3 aromatic heterocycles. The van der Waals surface area contributed by atoms with Gasteiger partial charge < -0.3 is 24.6 Å². The number of aromatic amines is 1. The van der Waals surface area contributed by atoms with E-state index in [0.717, 1.165) is 38.5 Å². The number of nitrogens with zero attached hydrogens (tertiary/aromatic N) is 5. The van der Waals surface area contributed by atoms with Crippen LogP contribution in [-0.2, 0) is 0 Å². The third-order valence-electron chi connectivity index (χ3n) is 6.64. The number of fused-ring (bicyclic) bond motifs is 1. The zero-order valence-corrected chi connectivity index (χ0v) is 22.7. The minimum Gasteiger partial charge on any atom is -0.495 e.